The van der Waals surface area contributed by atoms with Crippen LogP contribution in [0.4, 0.5) is 4.39 Å². The van der Waals surface area contributed by atoms with Crippen molar-refractivity contribution in [1.82, 2.24) is 15.1 Å². The van der Waals surface area contributed by atoms with E-state index in [-0.39, 0.29) is 5.82 Å². The second-order valence-corrected chi connectivity index (χ2v) is 6.82. The third-order valence-electron chi connectivity index (χ3n) is 5.00. The SMILES string of the molecule is CC[C@@H](C)CN1CCC[C@@H](c2[nH]ncc2-c2ccc(F)cc2)C1. The summed E-state index contributed by atoms with van der Waals surface area (Å²) in [6.07, 6.45) is 5.51. The van der Waals surface area contributed by atoms with Crippen molar-refractivity contribution in [2.45, 2.75) is 39.0 Å². The van der Waals surface area contributed by atoms with Crippen LogP contribution >= 0.6 is 0 Å². The van der Waals surface area contributed by atoms with Crippen LogP contribution < -0.4 is 0 Å². The van der Waals surface area contributed by atoms with Gasteiger partial charge in [-0.1, -0.05) is 32.4 Å². The van der Waals surface area contributed by atoms with E-state index in [4.69, 9.17) is 0 Å². The fourth-order valence-corrected chi connectivity index (χ4v) is 3.49. The summed E-state index contributed by atoms with van der Waals surface area (Å²) in [5.74, 6) is 1.03. The monoisotopic (exact) mass is 315 g/mol. The highest BCUT2D eigenvalue weighted by Gasteiger charge is 2.25. The molecule has 1 aliphatic heterocycles. The number of hydrogen-bond acceptors (Lipinski definition) is 2. The minimum atomic E-state index is -0.198. The number of aromatic nitrogens is 2. The van der Waals surface area contributed by atoms with Crippen LogP contribution in [0, 0.1) is 11.7 Å². The van der Waals surface area contributed by atoms with Gasteiger partial charge in [0.1, 0.15) is 5.82 Å². The largest absolute Gasteiger partial charge is 0.302 e. The van der Waals surface area contributed by atoms with Crippen molar-refractivity contribution in [1.29, 1.82) is 0 Å². The van der Waals surface area contributed by atoms with Gasteiger partial charge in [0.15, 0.2) is 0 Å². The van der Waals surface area contributed by atoms with Crippen molar-refractivity contribution in [3.05, 3.63) is 42.0 Å². The summed E-state index contributed by atoms with van der Waals surface area (Å²) in [4.78, 5) is 2.58. The number of likely N-dealkylation sites (tertiary alicyclic amines) is 1. The Morgan fingerprint density at radius 1 is 1.35 bits per heavy atom. The molecule has 1 aromatic carbocycles. The van der Waals surface area contributed by atoms with Gasteiger partial charge in [0.2, 0.25) is 0 Å². The maximum Gasteiger partial charge on any atom is 0.123 e. The predicted molar refractivity (Wildman–Crippen MR) is 91.9 cm³/mol. The van der Waals surface area contributed by atoms with Gasteiger partial charge in [-0.05, 0) is 43.0 Å². The van der Waals surface area contributed by atoms with Crippen molar-refractivity contribution in [2.24, 2.45) is 5.92 Å². The molecule has 1 aromatic heterocycles. The molecule has 0 radical (unpaired) electrons. The van der Waals surface area contributed by atoms with Gasteiger partial charge in [0.25, 0.3) is 0 Å². The molecular formula is C19H26FN3. The van der Waals surface area contributed by atoms with E-state index in [0.717, 1.165) is 23.6 Å². The number of halogens is 1. The Morgan fingerprint density at radius 3 is 2.87 bits per heavy atom. The smallest absolute Gasteiger partial charge is 0.123 e. The van der Waals surface area contributed by atoms with Crippen LogP contribution in [0.25, 0.3) is 11.1 Å². The van der Waals surface area contributed by atoms with Crippen molar-refractivity contribution in [3.63, 3.8) is 0 Å². The Labute approximate surface area is 137 Å². The standard InChI is InChI=1S/C19H26FN3/c1-3-14(2)12-23-10-4-5-16(13-23)19-18(11-21-22-19)15-6-8-17(20)9-7-15/h6-9,11,14,16H,3-5,10,12-13H2,1-2H3,(H,21,22)/t14-,16-/m1/s1. The van der Waals surface area contributed by atoms with E-state index in [1.165, 1.54) is 50.2 Å². The van der Waals surface area contributed by atoms with Crippen molar-refractivity contribution in [3.8, 4) is 11.1 Å². The average molecular weight is 315 g/mol. The minimum absolute atomic E-state index is 0.198. The van der Waals surface area contributed by atoms with Crippen LogP contribution in [0.15, 0.2) is 30.5 Å². The molecule has 0 spiro atoms. The minimum Gasteiger partial charge on any atom is -0.302 e. The fraction of sp³-hybridized carbons (Fsp3) is 0.526. The Bertz CT molecular complexity index is 620. The second kappa shape index (κ2) is 7.26. The van der Waals surface area contributed by atoms with E-state index in [0.29, 0.717) is 5.92 Å². The Kier molecular flexibility index (Phi) is 5.11. The molecule has 0 unspecified atom stereocenters. The maximum atomic E-state index is 13.2. The molecule has 124 valence electrons. The summed E-state index contributed by atoms with van der Waals surface area (Å²) >= 11 is 0. The molecule has 2 atom stereocenters. The molecule has 1 fully saturated rings. The fourth-order valence-electron chi connectivity index (χ4n) is 3.49. The van der Waals surface area contributed by atoms with E-state index in [2.05, 4.69) is 28.9 Å². The van der Waals surface area contributed by atoms with Gasteiger partial charge in [-0.25, -0.2) is 4.39 Å². The first-order valence-electron chi connectivity index (χ1n) is 8.69. The number of benzene rings is 1. The highest BCUT2D eigenvalue weighted by Crippen LogP contribution is 2.33. The Balaban J connectivity index is 1.77. The van der Waals surface area contributed by atoms with Gasteiger partial charge < -0.3 is 4.90 Å². The number of hydrogen-bond donors (Lipinski definition) is 1. The molecule has 0 saturated carbocycles. The first-order valence-corrected chi connectivity index (χ1v) is 8.69. The number of aromatic amines is 1. The molecule has 2 heterocycles. The topological polar surface area (TPSA) is 31.9 Å². The van der Waals surface area contributed by atoms with Crippen LogP contribution in [-0.4, -0.2) is 34.7 Å². The number of nitrogens with zero attached hydrogens (tertiary/aromatic N) is 2. The molecule has 0 bridgehead atoms. The summed E-state index contributed by atoms with van der Waals surface area (Å²) in [5.41, 5.74) is 3.35. The maximum absolute atomic E-state index is 13.2. The van der Waals surface area contributed by atoms with E-state index in [1.807, 2.05) is 18.3 Å². The first kappa shape index (κ1) is 16.2. The predicted octanol–water partition coefficient (Wildman–Crippen LogP) is 4.44. The van der Waals surface area contributed by atoms with Gasteiger partial charge in [0, 0.05) is 30.3 Å². The molecular weight excluding hydrogens is 289 g/mol. The highest BCUT2D eigenvalue weighted by atomic mass is 19.1. The van der Waals surface area contributed by atoms with Gasteiger partial charge in [-0.15, -0.1) is 0 Å². The number of H-pyrrole nitrogens is 1. The molecule has 0 amide bonds. The third-order valence-corrected chi connectivity index (χ3v) is 5.00. The van der Waals surface area contributed by atoms with Crippen LogP contribution in [0.1, 0.15) is 44.7 Å². The zero-order valence-electron chi connectivity index (χ0n) is 14.1. The van der Waals surface area contributed by atoms with Gasteiger partial charge in [0.05, 0.1) is 6.20 Å². The summed E-state index contributed by atoms with van der Waals surface area (Å²) in [6, 6.07) is 6.71. The lowest BCUT2D eigenvalue weighted by molar-refractivity contribution is 0.180. The zero-order valence-corrected chi connectivity index (χ0v) is 14.1. The van der Waals surface area contributed by atoms with Crippen molar-refractivity contribution in [2.75, 3.05) is 19.6 Å². The quantitative estimate of drug-likeness (QED) is 0.884. The van der Waals surface area contributed by atoms with E-state index in [1.54, 1.807) is 0 Å². The summed E-state index contributed by atoms with van der Waals surface area (Å²) in [7, 11) is 0. The summed E-state index contributed by atoms with van der Waals surface area (Å²) < 4.78 is 13.2. The van der Waals surface area contributed by atoms with Gasteiger partial charge in [-0.3, -0.25) is 5.10 Å². The summed E-state index contributed by atoms with van der Waals surface area (Å²) in [5, 5.41) is 7.47. The summed E-state index contributed by atoms with van der Waals surface area (Å²) in [6.45, 7) is 8.03. The number of nitrogens with one attached hydrogen (secondary N) is 1. The van der Waals surface area contributed by atoms with Crippen LogP contribution in [-0.2, 0) is 0 Å². The molecule has 1 saturated heterocycles. The van der Waals surface area contributed by atoms with Crippen LogP contribution in [0.5, 0.6) is 0 Å². The van der Waals surface area contributed by atoms with E-state index < -0.39 is 0 Å². The van der Waals surface area contributed by atoms with Crippen molar-refractivity contribution < 1.29 is 4.39 Å². The lowest BCUT2D eigenvalue weighted by atomic mass is 9.90. The van der Waals surface area contributed by atoms with Crippen LogP contribution in [0.2, 0.25) is 0 Å². The Morgan fingerprint density at radius 2 is 2.13 bits per heavy atom. The number of piperidine rings is 1. The molecule has 3 nitrogen and oxygen atoms in total. The normalized spacial score (nSPS) is 20.6. The second-order valence-electron chi connectivity index (χ2n) is 6.82. The van der Waals surface area contributed by atoms with Crippen molar-refractivity contribution >= 4 is 0 Å². The van der Waals surface area contributed by atoms with E-state index in [9.17, 15) is 4.39 Å². The van der Waals surface area contributed by atoms with E-state index >= 15 is 0 Å². The molecule has 4 heteroatoms. The Hall–Kier alpha value is -1.68. The molecule has 23 heavy (non-hydrogen) atoms. The van der Waals surface area contributed by atoms with Gasteiger partial charge >= 0.3 is 0 Å². The number of rotatable bonds is 5. The zero-order chi connectivity index (χ0) is 16.2. The third kappa shape index (κ3) is 3.81. The molecule has 1 aliphatic rings. The van der Waals surface area contributed by atoms with Gasteiger partial charge in [-0.2, -0.15) is 5.10 Å². The average Bonchev–Trinajstić information content (AvgIpc) is 3.05. The molecule has 1 N–H and O–H groups in total. The van der Waals surface area contributed by atoms with Crippen LogP contribution in [0.3, 0.4) is 0 Å². The highest BCUT2D eigenvalue weighted by molar-refractivity contribution is 5.65. The molecule has 3 rings (SSSR count). The molecule has 2 aromatic rings. The lowest BCUT2D eigenvalue weighted by Crippen LogP contribution is -2.37. The first-order chi connectivity index (χ1) is 11.2. The lowest BCUT2D eigenvalue weighted by Gasteiger charge is -2.34. The molecule has 0 aliphatic carbocycles.